The number of amides is 3. The van der Waals surface area contributed by atoms with Crippen molar-refractivity contribution in [1.82, 2.24) is 15.1 Å². The number of carbonyl (C=O) groups is 3. The first kappa shape index (κ1) is 28.6. The van der Waals surface area contributed by atoms with Crippen LogP contribution < -0.4 is 15.4 Å². The van der Waals surface area contributed by atoms with Crippen LogP contribution in [0.3, 0.4) is 0 Å². The highest BCUT2D eigenvalue weighted by Crippen LogP contribution is 2.44. The van der Waals surface area contributed by atoms with E-state index >= 15 is 0 Å². The molecule has 3 unspecified atom stereocenters. The molecule has 0 saturated carbocycles. The number of aliphatic hydroxyl groups excluding tert-OH is 1. The fraction of sp³-hybridized carbons (Fsp3) is 0.531. The average Bonchev–Trinajstić information content (AvgIpc) is 3.33. The second-order valence-corrected chi connectivity index (χ2v) is 11.8. The number of nitrogens with one attached hydrogen (secondary N) is 2. The molecular weight excluding hydrogens is 536 g/mol. The Bertz CT molecular complexity index is 1290. The number of carbonyl (C=O) groups excluding carboxylic acids is 3. The van der Waals surface area contributed by atoms with Crippen molar-refractivity contribution in [3.63, 3.8) is 0 Å². The SMILES string of the molecule is O=C(Nc1ccc(OCCN2CCOCC2)cc1)C1CNC(=O)C12CCN(C(=O)C1CCc3ccccc3C1O)CC2. The topological polar surface area (TPSA) is 120 Å². The van der Waals surface area contributed by atoms with Crippen LogP contribution in [-0.4, -0.2) is 91.7 Å². The van der Waals surface area contributed by atoms with Crippen LogP contribution in [-0.2, 0) is 25.5 Å². The van der Waals surface area contributed by atoms with Gasteiger partial charge in [0.2, 0.25) is 17.7 Å². The van der Waals surface area contributed by atoms with Gasteiger partial charge in [-0.1, -0.05) is 24.3 Å². The maximum Gasteiger partial charge on any atom is 0.230 e. The highest BCUT2D eigenvalue weighted by Gasteiger charge is 2.55. The smallest absolute Gasteiger partial charge is 0.230 e. The van der Waals surface area contributed by atoms with Crippen LogP contribution in [0.2, 0.25) is 0 Å². The Hall–Kier alpha value is -3.47. The lowest BCUT2D eigenvalue weighted by atomic mass is 9.69. The van der Waals surface area contributed by atoms with Gasteiger partial charge in [0.05, 0.1) is 36.6 Å². The number of fused-ring (bicyclic) bond motifs is 1. The second-order valence-electron chi connectivity index (χ2n) is 11.8. The van der Waals surface area contributed by atoms with Crippen molar-refractivity contribution in [2.24, 2.45) is 17.3 Å². The third kappa shape index (κ3) is 5.75. The first-order valence-corrected chi connectivity index (χ1v) is 15.1. The number of likely N-dealkylation sites (tertiary alicyclic amines) is 1. The van der Waals surface area contributed by atoms with E-state index in [-0.39, 0.29) is 24.3 Å². The number of aryl methyl sites for hydroxylation is 1. The molecule has 0 radical (unpaired) electrons. The first-order chi connectivity index (χ1) is 20.4. The zero-order valence-corrected chi connectivity index (χ0v) is 23.9. The lowest BCUT2D eigenvalue weighted by Crippen LogP contribution is -2.52. The number of benzene rings is 2. The first-order valence-electron chi connectivity index (χ1n) is 15.1. The molecule has 42 heavy (non-hydrogen) atoms. The summed E-state index contributed by atoms with van der Waals surface area (Å²) in [4.78, 5) is 44.0. The van der Waals surface area contributed by atoms with Crippen LogP contribution in [0.25, 0.3) is 0 Å². The molecule has 10 heteroatoms. The zero-order chi connectivity index (χ0) is 29.1. The zero-order valence-electron chi connectivity index (χ0n) is 23.9. The molecule has 3 heterocycles. The average molecular weight is 577 g/mol. The van der Waals surface area contributed by atoms with Gasteiger partial charge >= 0.3 is 0 Å². The monoisotopic (exact) mass is 576 g/mol. The molecule has 4 aliphatic rings. The molecule has 224 valence electrons. The van der Waals surface area contributed by atoms with Crippen molar-refractivity contribution in [2.45, 2.75) is 31.8 Å². The van der Waals surface area contributed by atoms with Crippen LogP contribution in [0.1, 0.15) is 36.5 Å². The van der Waals surface area contributed by atoms with Gasteiger partial charge in [-0.2, -0.15) is 0 Å². The number of rotatable bonds is 7. The summed E-state index contributed by atoms with van der Waals surface area (Å²) in [7, 11) is 0. The number of hydrogen-bond donors (Lipinski definition) is 3. The molecule has 1 aliphatic carbocycles. The van der Waals surface area contributed by atoms with Crippen molar-refractivity contribution < 1.29 is 29.0 Å². The molecule has 2 aromatic carbocycles. The van der Waals surface area contributed by atoms with Gasteiger partial charge in [0, 0.05) is 45.0 Å². The summed E-state index contributed by atoms with van der Waals surface area (Å²) in [6, 6.07) is 15.0. The van der Waals surface area contributed by atoms with Gasteiger partial charge in [0.1, 0.15) is 12.4 Å². The van der Waals surface area contributed by atoms with Crippen molar-refractivity contribution in [3.8, 4) is 5.75 Å². The summed E-state index contributed by atoms with van der Waals surface area (Å²) in [6.45, 7) is 5.82. The Labute approximate surface area is 246 Å². The number of morpholine rings is 1. The normalized spacial score (nSPS) is 25.5. The minimum Gasteiger partial charge on any atom is -0.492 e. The summed E-state index contributed by atoms with van der Waals surface area (Å²) < 4.78 is 11.2. The number of nitrogens with zero attached hydrogens (tertiary/aromatic N) is 2. The highest BCUT2D eigenvalue weighted by atomic mass is 16.5. The summed E-state index contributed by atoms with van der Waals surface area (Å²) in [6.07, 6.45) is 1.36. The Balaban J connectivity index is 1.03. The van der Waals surface area contributed by atoms with Gasteiger partial charge in [0.25, 0.3) is 0 Å². The maximum atomic E-state index is 13.5. The molecule has 0 bridgehead atoms. The molecular formula is C32H40N4O6. The summed E-state index contributed by atoms with van der Waals surface area (Å²) in [5.74, 6) is -0.674. The van der Waals surface area contributed by atoms with Crippen molar-refractivity contribution >= 4 is 23.4 Å². The van der Waals surface area contributed by atoms with E-state index in [4.69, 9.17) is 9.47 Å². The molecule has 6 rings (SSSR count). The molecule has 3 fully saturated rings. The van der Waals surface area contributed by atoms with E-state index in [0.717, 1.165) is 56.1 Å². The molecule has 1 spiro atoms. The quantitative estimate of drug-likeness (QED) is 0.461. The highest BCUT2D eigenvalue weighted by molar-refractivity contribution is 6.00. The van der Waals surface area contributed by atoms with E-state index in [2.05, 4.69) is 15.5 Å². The fourth-order valence-electron chi connectivity index (χ4n) is 6.98. The third-order valence-electron chi connectivity index (χ3n) is 9.57. The van der Waals surface area contributed by atoms with Crippen LogP contribution in [0, 0.1) is 17.3 Å². The van der Waals surface area contributed by atoms with Gasteiger partial charge in [-0.05, 0) is 61.1 Å². The van der Waals surface area contributed by atoms with Gasteiger partial charge in [-0.3, -0.25) is 19.3 Å². The predicted molar refractivity (Wildman–Crippen MR) is 156 cm³/mol. The standard InChI is InChI=1S/C32H40N4O6/c37-28-25-4-2-1-3-22(25)5-10-26(28)30(39)36-13-11-32(12-14-36)27(21-33-31(32)40)29(38)34-23-6-8-24(9-7-23)42-20-17-35-15-18-41-19-16-35/h1-4,6-9,26-28,37H,5,10-21H2,(H,33,40)(H,34,38). The van der Waals surface area contributed by atoms with E-state index in [0.29, 0.717) is 44.6 Å². The minimum atomic E-state index is -0.846. The number of ether oxygens (including phenoxy) is 2. The van der Waals surface area contributed by atoms with E-state index in [1.165, 1.54) is 0 Å². The van der Waals surface area contributed by atoms with E-state index < -0.39 is 23.4 Å². The minimum absolute atomic E-state index is 0.0708. The van der Waals surface area contributed by atoms with Crippen molar-refractivity contribution in [2.75, 3.05) is 64.4 Å². The van der Waals surface area contributed by atoms with Crippen LogP contribution in [0.4, 0.5) is 5.69 Å². The van der Waals surface area contributed by atoms with Crippen molar-refractivity contribution in [3.05, 3.63) is 59.7 Å². The van der Waals surface area contributed by atoms with E-state index in [1.807, 2.05) is 48.5 Å². The Morgan fingerprint density at radius 2 is 1.79 bits per heavy atom. The second kappa shape index (κ2) is 12.4. The summed E-state index contributed by atoms with van der Waals surface area (Å²) in [5.41, 5.74) is 1.72. The Morgan fingerprint density at radius 1 is 1.05 bits per heavy atom. The molecule has 3 atom stereocenters. The Kier molecular flexibility index (Phi) is 8.46. The molecule has 10 nitrogen and oxygen atoms in total. The van der Waals surface area contributed by atoms with Crippen LogP contribution >= 0.6 is 0 Å². The Morgan fingerprint density at radius 3 is 2.55 bits per heavy atom. The molecule has 3 saturated heterocycles. The number of piperidine rings is 1. The molecule has 2 aromatic rings. The molecule has 0 aromatic heterocycles. The predicted octanol–water partition coefficient (Wildman–Crippen LogP) is 1.99. The summed E-state index contributed by atoms with van der Waals surface area (Å²) in [5, 5.41) is 16.9. The third-order valence-corrected chi connectivity index (χ3v) is 9.57. The van der Waals surface area contributed by atoms with Gasteiger partial charge in [-0.15, -0.1) is 0 Å². The molecule has 3 N–H and O–H groups in total. The van der Waals surface area contributed by atoms with Crippen molar-refractivity contribution in [1.29, 1.82) is 0 Å². The van der Waals surface area contributed by atoms with E-state index in [1.54, 1.807) is 4.90 Å². The van der Waals surface area contributed by atoms with Crippen LogP contribution in [0.5, 0.6) is 5.75 Å². The lowest BCUT2D eigenvalue weighted by Gasteiger charge is -2.42. The van der Waals surface area contributed by atoms with Gasteiger partial charge in [-0.25, -0.2) is 0 Å². The largest absolute Gasteiger partial charge is 0.492 e. The maximum absolute atomic E-state index is 13.5. The fourth-order valence-corrected chi connectivity index (χ4v) is 6.98. The number of anilines is 1. The molecule has 3 aliphatic heterocycles. The number of aliphatic hydroxyl groups is 1. The number of hydrogen-bond acceptors (Lipinski definition) is 7. The summed E-state index contributed by atoms with van der Waals surface area (Å²) >= 11 is 0. The van der Waals surface area contributed by atoms with Gasteiger partial charge < -0.3 is 30.1 Å². The van der Waals surface area contributed by atoms with Gasteiger partial charge in [0.15, 0.2) is 0 Å². The lowest BCUT2D eigenvalue weighted by molar-refractivity contribution is -0.147. The molecule has 3 amide bonds. The van der Waals surface area contributed by atoms with E-state index in [9.17, 15) is 19.5 Å². The van der Waals surface area contributed by atoms with Crippen LogP contribution in [0.15, 0.2) is 48.5 Å².